The van der Waals surface area contributed by atoms with Gasteiger partial charge in [0.05, 0.1) is 12.3 Å². The van der Waals surface area contributed by atoms with Crippen LogP contribution in [0.4, 0.5) is 0 Å². The van der Waals surface area contributed by atoms with Crippen molar-refractivity contribution in [2.24, 2.45) is 0 Å². The van der Waals surface area contributed by atoms with Crippen LogP contribution < -0.4 is 5.32 Å². The Bertz CT molecular complexity index is 894. The SMILES string of the molecule is Cc1ccc(-c2cc(C(=O)NC[C@H](c3ccco3)N3CCCCC3)no2)cc1. The van der Waals surface area contributed by atoms with Gasteiger partial charge in [0.2, 0.25) is 0 Å². The summed E-state index contributed by atoms with van der Waals surface area (Å²) in [5.74, 6) is 1.22. The normalized spacial score (nSPS) is 16.0. The third-order valence-electron chi connectivity index (χ3n) is 5.24. The van der Waals surface area contributed by atoms with E-state index in [0.717, 1.165) is 24.4 Å². The van der Waals surface area contributed by atoms with Gasteiger partial charge in [0.15, 0.2) is 11.5 Å². The minimum absolute atomic E-state index is 0.0303. The number of aryl methyl sites for hydroxylation is 1. The minimum atomic E-state index is -0.240. The molecular formula is C22H25N3O3. The van der Waals surface area contributed by atoms with Crippen LogP contribution in [-0.2, 0) is 0 Å². The average Bonchev–Trinajstić information content (AvgIpc) is 3.42. The van der Waals surface area contributed by atoms with Crippen molar-refractivity contribution in [2.75, 3.05) is 19.6 Å². The molecule has 1 fully saturated rings. The highest BCUT2D eigenvalue weighted by Gasteiger charge is 2.25. The summed E-state index contributed by atoms with van der Waals surface area (Å²) in [5, 5.41) is 6.94. The van der Waals surface area contributed by atoms with Crippen LogP contribution in [0.15, 0.2) is 57.7 Å². The van der Waals surface area contributed by atoms with Gasteiger partial charge < -0.3 is 14.3 Å². The molecule has 1 aliphatic heterocycles. The predicted molar refractivity (Wildman–Crippen MR) is 106 cm³/mol. The molecule has 1 atom stereocenters. The van der Waals surface area contributed by atoms with Crippen molar-refractivity contribution in [1.29, 1.82) is 0 Å². The standard InChI is InChI=1S/C22H25N3O3/c1-16-7-9-17(10-8-16)21-14-18(24-28-21)22(26)23-15-19(20-6-5-13-27-20)25-11-3-2-4-12-25/h5-10,13-14,19H,2-4,11-12,15H2,1H3,(H,23,26)/t19-/m1/s1. The maximum absolute atomic E-state index is 12.6. The fourth-order valence-corrected chi connectivity index (χ4v) is 3.64. The zero-order valence-electron chi connectivity index (χ0n) is 16.1. The quantitative estimate of drug-likeness (QED) is 0.695. The first-order chi connectivity index (χ1) is 13.7. The molecule has 0 aliphatic carbocycles. The van der Waals surface area contributed by atoms with Crippen molar-refractivity contribution in [1.82, 2.24) is 15.4 Å². The summed E-state index contributed by atoms with van der Waals surface area (Å²) in [6.07, 6.45) is 5.29. The molecule has 0 radical (unpaired) electrons. The lowest BCUT2D eigenvalue weighted by Crippen LogP contribution is -2.40. The number of furan rings is 1. The lowest BCUT2D eigenvalue weighted by Gasteiger charge is -2.33. The fraction of sp³-hybridized carbons (Fsp3) is 0.364. The molecule has 3 aromatic rings. The van der Waals surface area contributed by atoms with Gasteiger partial charge in [-0.2, -0.15) is 0 Å². The number of aromatic nitrogens is 1. The molecule has 6 nitrogen and oxygen atoms in total. The molecule has 146 valence electrons. The predicted octanol–water partition coefficient (Wildman–Crippen LogP) is 4.20. The number of rotatable bonds is 6. The number of amides is 1. The highest BCUT2D eigenvalue weighted by atomic mass is 16.5. The second-order valence-corrected chi connectivity index (χ2v) is 7.28. The van der Waals surface area contributed by atoms with E-state index in [-0.39, 0.29) is 17.6 Å². The van der Waals surface area contributed by atoms with Crippen molar-refractivity contribution in [2.45, 2.75) is 32.2 Å². The third-order valence-corrected chi connectivity index (χ3v) is 5.24. The summed E-state index contributed by atoms with van der Waals surface area (Å²) in [5.41, 5.74) is 2.36. The second kappa shape index (κ2) is 8.44. The van der Waals surface area contributed by atoms with Crippen molar-refractivity contribution in [3.63, 3.8) is 0 Å². The van der Waals surface area contributed by atoms with Gasteiger partial charge in [0.25, 0.3) is 5.91 Å². The first-order valence-electron chi connectivity index (χ1n) is 9.80. The molecule has 0 spiro atoms. The molecular weight excluding hydrogens is 354 g/mol. The van der Waals surface area contributed by atoms with Crippen LogP contribution >= 0.6 is 0 Å². The molecule has 1 aromatic carbocycles. The van der Waals surface area contributed by atoms with Gasteiger partial charge in [0.1, 0.15) is 5.76 Å². The number of hydrogen-bond donors (Lipinski definition) is 1. The van der Waals surface area contributed by atoms with Gasteiger partial charge in [-0.05, 0) is 45.0 Å². The first kappa shape index (κ1) is 18.5. The number of carbonyl (C=O) groups excluding carboxylic acids is 1. The molecule has 0 saturated carbocycles. The van der Waals surface area contributed by atoms with Crippen molar-refractivity contribution >= 4 is 5.91 Å². The Morgan fingerprint density at radius 2 is 1.96 bits per heavy atom. The Morgan fingerprint density at radius 3 is 2.68 bits per heavy atom. The number of nitrogens with one attached hydrogen (secondary N) is 1. The van der Waals surface area contributed by atoms with Crippen LogP contribution in [0.1, 0.15) is 47.1 Å². The summed E-state index contributed by atoms with van der Waals surface area (Å²) in [6, 6.07) is 13.5. The van der Waals surface area contributed by atoms with Gasteiger partial charge in [-0.25, -0.2) is 0 Å². The third kappa shape index (κ3) is 4.17. The number of likely N-dealkylation sites (tertiary alicyclic amines) is 1. The molecule has 1 saturated heterocycles. The Hall–Kier alpha value is -2.86. The molecule has 0 bridgehead atoms. The van der Waals surface area contributed by atoms with E-state index in [1.54, 1.807) is 12.3 Å². The molecule has 6 heteroatoms. The number of carbonyl (C=O) groups is 1. The lowest BCUT2D eigenvalue weighted by molar-refractivity contribution is 0.0905. The fourth-order valence-electron chi connectivity index (χ4n) is 3.64. The van der Waals surface area contributed by atoms with E-state index >= 15 is 0 Å². The highest BCUT2D eigenvalue weighted by molar-refractivity contribution is 5.93. The molecule has 1 aliphatic rings. The number of hydrogen-bond acceptors (Lipinski definition) is 5. The first-order valence-corrected chi connectivity index (χ1v) is 9.80. The molecule has 4 rings (SSSR count). The van der Waals surface area contributed by atoms with E-state index in [1.807, 2.05) is 43.3 Å². The van der Waals surface area contributed by atoms with Gasteiger partial charge in [0, 0.05) is 18.2 Å². The van der Waals surface area contributed by atoms with E-state index < -0.39 is 0 Å². The van der Waals surface area contributed by atoms with Crippen LogP contribution in [-0.4, -0.2) is 35.6 Å². The Kier molecular flexibility index (Phi) is 5.58. The van der Waals surface area contributed by atoms with Gasteiger partial charge >= 0.3 is 0 Å². The zero-order chi connectivity index (χ0) is 19.3. The van der Waals surface area contributed by atoms with Crippen LogP contribution in [0.3, 0.4) is 0 Å². The summed E-state index contributed by atoms with van der Waals surface area (Å²) in [4.78, 5) is 15.0. The van der Waals surface area contributed by atoms with Crippen LogP contribution in [0.2, 0.25) is 0 Å². The largest absolute Gasteiger partial charge is 0.468 e. The zero-order valence-corrected chi connectivity index (χ0v) is 16.1. The van der Waals surface area contributed by atoms with E-state index in [4.69, 9.17) is 8.94 Å². The number of benzene rings is 1. The van der Waals surface area contributed by atoms with Gasteiger partial charge in [-0.3, -0.25) is 9.69 Å². The molecule has 1 N–H and O–H groups in total. The second-order valence-electron chi connectivity index (χ2n) is 7.28. The van der Waals surface area contributed by atoms with Crippen LogP contribution in [0.5, 0.6) is 0 Å². The minimum Gasteiger partial charge on any atom is -0.468 e. The maximum Gasteiger partial charge on any atom is 0.273 e. The maximum atomic E-state index is 12.6. The van der Waals surface area contributed by atoms with E-state index in [1.165, 1.54) is 24.8 Å². The Labute approximate surface area is 164 Å². The smallest absolute Gasteiger partial charge is 0.273 e. The topological polar surface area (TPSA) is 71.5 Å². The molecule has 0 unspecified atom stereocenters. The Balaban J connectivity index is 1.43. The van der Waals surface area contributed by atoms with Crippen molar-refractivity contribution < 1.29 is 13.7 Å². The van der Waals surface area contributed by atoms with Gasteiger partial charge in [-0.15, -0.1) is 0 Å². The highest BCUT2D eigenvalue weighted by Crippen LogP contribution is 2.25. The molecule has 2 aromatic heterocycles. The lowest BCUT2D eigenvalue weighted by atomic mass is 10.1. The molecule has 1 amide bonds. The number of piperidine rings is 1. The van der Waals surface area contributed by atoms with Crippen LogP contribution in [0, 0.1) is 6.92 Å². The van der Waals surface area contributed by atoms with E-state index in [9.17, 15) is 4.79 Å². The van der Waals surface area contributed by atoms with E-state index in [2.05, 4.69) is 15.4 Å². The summed E-state index contributed by atoms with van der Waals surface area (Å²) < 4.78 is 11.0. The van der Waals surface area contributed by atoms with Crippen LogP contribution in [0.25, 0.3) is 11.3 Å². The van der Waals surface area contributed by atoms with Gasteiger partial charge in [-0.1, -0.05) is 41.4 Å². The van der Waals surface area contributed by atoms with E-state index in [0.29, 0.717) is 12.3 Å². The summed E-state index contributed by atoms with van der Waals surface area (Å²) >= 11 is 0. The number of nitrogens with zero attached hydrogens (tertiary/aromatic N) is 2. The summed E-state index contributed by atoms with van der Waals surface area (Å²) in [6.45, 7) is 4.53. The van der Waals surface area contributed by atoms with Crippen molar-refractivity contribution in [3.05, 3.63) is 65.7 Å². The average molecular weight is 379 g/mol. The monoisotopic (exact) mass is 379 g/mol. The van der Waals surface area contributed by atoms with Crippen molar-refractivity contribution in [3.8, 4) is 11.3 Å². The molecule has 28 heavy (non-hydrogen) atoms. The Morgan fingerprint density at radius 1 is 1.18 bits per heavy atom. The molecule has 3 heterocycles. The summed E-state index contributed by atoms with van der Waals surface area (Å²) in [7, 11) is 0.